The first-order valence-electron chi connectivity index (χ1n) is 8.06. The fraction of sp³-hybridized carbons (Fsp3) is 0.111. The molecule has 27 heavy (non-hydrogen) atoms. The van der Waals surface area contributed by atoms with E-state index in [0.717, 1.165) is 20.6 Å². The smallest absolute Gasteiger partial charge is 0.277 e. The molecule has 0 aliphatic carbocycles. The molecule has 1 aromatic carbocycles. The van der Waals surface area contributed by atoms with Crippen molar-refractivity contribution in [1.82, 2.24) is 19.2 Å². The van der Waals surface area contributed by atoms with Gasteiger partial charge in [-0.25, -0.2) is 9.67 Å². The van der Waals surface area contributed by atoms with E-state index in [0.29, 0.717) is 11.6 Å². The molecule has 0 aliphatic rings. The molecule has 0 fully saturated rings. The maximum Gasteiger partial charge on any atom is 0.277 e. The number of hydrogen-bond donors (Lipinski definition) is 1. The summed E-state index contributed by atoms with van der Waals surface area (Å²) in [5.74, 6) is 0.647. The predicted octanol–water partition coefficient (Wildman–Crippen LogP) is 2.46. The number of carbonyl (C=O) groups is 1. The van der Waals surface area contributed by atoms with Gasteiger partial charge in [0.05, 0.1) is 10.2 Å². The predicted molar refractivity (Wildman–Crippen MR) is 104 cm³/mol. The van der Waals surface area contributed by atoms with Crippen LogP contribution in [-0.4, -0.2) is 31.7 Å². The second-order valence-electron chi connectivity index (χ2n) is 5.74. The van der Waals surface area contributed by atoms with Crippen molar-refractivity contribution < 1.29 is 9.53 Å². The van der Waals surface area contributed by atoms with E-state index in [1.165, 1.54) is 30.5 Å². The molecule has 0 aliphatic heterocycles. The zero-order valence-corrected chi connectivity index (χ0v) is 15.2. The quantitative estimate of drug-likeness (QED) is 0.536. The molecule has 0 bridgehead atoms. The highest BCUT2D eigenvalue weighted by Crippen LogP contribution is 2.29. The lowest BCUT2D eigenvalue weighted by molar-refractivity contribution is 0.102. The fourth-order valence-electron chi connectivity index (χ4n) is 2.59. The zero-order chi connectivity index (χ0) is 19.0. The summed E-state index contributed by atoms with van der Waals surface area (Å²) in [5.41, 5.74) is 0.955. The number of ether oxygens (including phenoxy) is 1. The van der Waals surface area contributed by atoms with Crippen LogP contribution in [-0.2, 0) is 7.05 Å². The lowest BCUT2D eigenvalue weighted by Gasteiger charge is -2.03. The standard InChI is InChI=1S/C18H15N5O3S/c1-3-8-26-11-4-5-13-14(9-11)27-18-19-12(10-23(13)18)17(25)20-15-6-7-16(24)22(2)21-15/h3-7,9-10H,1,8H2,2H3,(H,20,21,25). The number of fused-ring (bicyclic) bond motifs is 3. The lowest BCUT2D eigenvalue weighted by atomic mass is 10.3. The lowest BCUT2D eigenvalue weighted by Crippen LogP contribution is -2.21. The van der Waals surface area contributed by atoms with Crippen molar-refractivity contribution in [3.63, 3.8) is 0 Å². The molecule has 0 saturated carbocycles. The van der Waals surface area contributed by atoms with Crippen LogP contribution in [0.25, 0.3) is 15.2 Å². The second kappa shape index (κ2) is 6.69. The van der Waals surface area contributed by atoms with Crippen molar-refractivity contribution in [2.75, 3.05) is 11.9 Å². The molecule has 9 heteroatoms. The van der Waals surface area contributed by atoms with Crippen molar-refractivity contribution in [2.24, 2.45) is 7.05 Å². The molecule has 1 amide bonds. The van der Waals surface area contributed by atoms with E-state index in [1.807, 2.05) is 22.6 Å². The Labute approximate surface area is 157 Å². The van der Waals surface area contributed by atoms with Gasteiger partial charge in [-0.15, -0.1) is 0 Å². The topological polar surface area (TPSA) is 90.5 Å². The Morgan fingerprint density at radius 2 is 2.22 bits per heavy atom. The minimum atomic E-state index is -0.392. The number of anilines is 1. The van der Waals surface area contributed by atoms with Gasteiger partial charge in [0, 0.05) is 19.3 Å². The first-order chi connectivity index (χ1) is 13.0. The minimum absolute atomic E-state index is 0.251. The minimum Gasteiger partial charge on any atom is -0.490 e. The molecule has 8 nitrogen and oxygen atoms in total. The van der Waals surface area contributed by atoms with Crippen LogP contribution in [0.4, 0.5) is 5.82 Å². The third kappa shape index (κ3) is 3.20. The van der Waals surface area contributed by atoms with Gasteiger partial charge in [0.1, 0.15) is 18.1 Å². The van der Waals surface area contributed by atoms with E-state index in [1.54, 1.807) is 12.3 Å². The Morgan fingerprint density at radius 3 is 3.00 bits per heavy atom. The largest absolute Gasteiger partial charge is 0.490 e. The van der Waals surface area contributed by atoms with Crippen LogP contribution in [0.1, 0.15) is 10.5 Å². The van der Waals surface area contributed by atoms with Gasteiger partial charge >= 0.3 is 0 Å². The van der Waals surface area contributed by atoms with Crippen LogP contribution in [0.15, 0.2) is 54.0 Å². The number of aryl methyl sites for hydroxylation is 1. The average Bonchev–Trinajstić information content (AvgIpc) is 3.20. The van der Waals surface area contributed by atoms with E-state index >= 15 is 0 Å². The van der Waals surface area contributed by atoms with E-state index in [2.05, 4.69) is 22.0 Å². The highest BCUT2D eigenvalue weighted by atomic mass is 32.1. The van der Waals surface area contributed by atoms with E-state index in [4.69, 9.17) is 4.74 Å². The van der Waals surface area contributed by atoms with Crippen molar-refractivity contribution in [3.05, 3.63) is 65.2 Å². The van der Waals surface area contributed by atoms with Crippen LogP contribution in [0.5, 0.6) is 5.75 Å². The summed E-state index contributed by atoms with van der Waals surface area (Å²) < 4.78 is 9.57. The van der Waals surface area contributed by atoms with Crippen LogP contribution < -0.4 is 15.6 Å². The van der Waals surface area contributed by atoms with E-state index in [9.17, 15) is 9.59 Å². The number of thiazole rings is 1. The number of amides is 1. The number of carbonyl (C=O) groups excluding carboxylic acids is 1. The number of rotatable bonds is 5. The summed E-state index contributed by atoms with van der Waals surface area (Å²) in [6.45, 7) is 4.08. The van der Waals surface area contributed by atoms with Gasteiger partial charge in [-0.1, -0.05) is 24.0 Å². The molecule has 0 radical (unpaired) electrons. The molecule has 3 heterocycles. The third-order valence-electron chi connectivity index (χ3n) is 3.87. The molecule has 136 valence electrons. The molecule has 1 N–H and O–H groups in total. The van der Waals surface area contributed by atoms with Crippen LogP contribution in [0, 0.1) is 0 Å². The maximum atomic E-state index is 12.4. The normalized spacial score (nSPS) is 11.0. The first-order valence-corrected chi connectivity index (χ1v) is 8.88. The summed E-state index contributed by atoms with van der Waals surface area (Å²) in [7, 11) is 1.52. The van der Waals surface area contributed by atoms with Crippen LogP contribution >= 0.6 is 11.3 Å². The Kier molecular flexibility index (Phi) is 4.21. The van der Waals surface area contributed by atoms with Gasteiger partial charge in [0.15, 0.2) is 10.8 Å². The Morgan fingerprint density at radius 1 is 1.37 bits per heavy atom. The highest BCUT2D eigenvalue weighted by Gasteiger charge is 2.15. The number of benzene rings is 1. The van der Waals surface area contributed by atoms with Crippen LogP contribution in [0.2, 0.25) is 0 Å². The molecule has 0 spiro atoms. The van der Waals surface area contributed by atoms with Gasteiger partial charge in [-0.2, -0.15) is 5.10 Å². The van der Waals surface area contributed by atoms with Crippen LogP contribution in [0.3, 0.4) is 0 Å². The summed E-state index contributed by atoms with van der Waals surface area (Å²) in [5, 5.41) is 6.63. The summed E-state index contributed by atoms with van der Waals surface area (Å²) in [6, 6.07) is 8.53. The SMILES string of the molecule is C=CCOc1ccc2c(c1)sc1nc(C(=O)Nc3ccc(=O)n(C)n3)cn12. The second-order valence-corrected chi connectivity index (χ2v) is 6.75. The van der Waals surface area contributed by atoms with Gasteiger partial charge < -0.3 is 10.1 Å². The van der Waals surface area contributed by atoms with E-state index in [-0.39, 0.29) is 17.1 Å². The molecular weight excluding hydrogens is 366 g/mol. The van der Waals surface area contributed by atoms with Gasteiger partial charge in [0.2, 0.25) is 0 Å². The van der Waals surface area contributed by atoms with Crippen molar-refractivity contribution in [2.45, 2.75) is 0 Å². The summed E-state index contributed by atoms with van der Waals surface area (Å²) in [4.78, 5) is 28.9. The Hall–Kier alpha value is -3.46. The number of aromatic nitrogens is 4. The highest BCUT2D eigenvalue weighted by molar-refractivity contribution is 7.23. The zero-order valence-electron chi connectivity index (χ0n) is 14.4. The molecule has 4 rings (SSSR count). The molecule has 0 saturated heterocycles. The molecule has 0 atom stereocenters. The fourth-order valence-corrected chi connectivity index (χ4v) is 3.62. The van der Waals surface area contributed by atoms with Gasteiger partial charge in [-0.3, -0.25) is 14.0 Å². The Balaban J connectivity index is 1.62. The molecule has 0 unspecified atom stereocenters. The molecule has 3 aromatic heterocycles. The summed E-state index contributed by atoms with van der Waals surface area (Å²) >= 11 is 1.46. The number of imidazole rings is 1. The monoisotopic (exact) mass is 381 g/mol. The van der Waals surface area contributed by atoms with Crippen molar-refractivity contribution in [1.29, 1.82) is 0 Å². The third-order valence-corrected chi connectivity index (χ3v) is 4.89. The van der Waals surface area contributed by atoms with Crippen molar-refractivity contribution in [3.8, 4) is 5.75 Å². The van der Waals surface area contributed by atoms with Gasteiger partial charge in [0.25, 0.3) is 11.5 Å². The van der Waals surface area contributed by atoms with Crippen molar-refractivity contribution >= 4 is 38.2 Å². The van der Waals surface area contributed by atoms with Gasteiger partial charge in [-0.05, 0) is 24.3 Å². The number of hydrogen-bond acceptors (Lipinski definition) is 6. The number of nitrogens with one attached hydrogen (secondary N) is 1. The first kappa shape index (κ1) is 17.0. The Bertz CT molecular complexity index is 1240. The maximum absolute atomic E-state index is 12.4. The average molecular weight is 381 g/mol. The molecular formula is C18H15N5O3S. The summed E-state index contributed by atoms with van der Waals surface area (Å²) in [6.07, 6.45) is 3.37. The number of nitrogens with zero attached hydrogens (tertiary/aromatic N) is 4. The van der Waals surface area contributed by atoms with E-state index < -0.39 is 5.91 Å². The molecule has 4 aromatic rings.